The van der Waals surface area contributed by atoms with Crippen LogP contribution in [0.25, 0.3) is 10.2 Å². The number of hydrogen-bond donors (Lipinski definition) is 2. The molecule has 90 valence electrons. The van der Waals surface area contributed by atoms with Crippen molar-refractivity contribution < 1.29 is 4.79 Å². The van der Waals surface area contributed by atoms with Gasteiger partial charge in [0.1, 0.15) is 0 Å². The molecule has 0 unspecified atom stereocenters. The Morgan fingerprint density at radius 3 is 2.71 bits per heavy atom. The topological polar surface area (TPSA) is 54.0 Å². The van der Waals surface area contributed by atoms with E-state index in [1.165, 1.54) is 11.3 Å². The largest absolute Gasteiger partial charge is 0.307 e. The maximum Gasteiger partial charge on any atom is 0.245 e. The third kappa shape index (κ3) is 2.45. The lowest BCUT2D eigenvalue weighted by atomic mass is 10.1. The van der Waals surface area contributed by atoms with Crippen molar-refractivity contribution in [2.45, 2.75) is 19.4 Å². The summed E-state index contributed by atoms with van der Waals surface area (Å²) in [5, 5.41) is 6.43. The Morgan fingerprint density at radius 2 is 2.06 bits per heavy atom. The van der Waals surface area contributed by atoms with Crippen LogP contribution in [0.2, 0.25) is 0 Å². The van der Waals surface area contributed by atoms with Crippen molar-refractivity contribution in [1.29, 1.82) is 0 Å². The predicted octanol–water partition coefficient (Wildman–Crippen LogP) is 2.23. The Hall–Kier alpha value is -1.46. The van der Waals surface area contributed by atoms with Crippen molar-refractivity contribution >= 4 is 32.6 Å². The van der Waals surface area contributed by atoms with Crippen LogP contribution in [0.3, 0.4) is 0 Å². The molecule has 17 heavy (non-hydrogen) atoms. The normalized spacial score (nSPS) is 11.7. The number of thiazole rings is 1. The van der Waals surface area contributed by atoms with E-state index in [0.717, 1.165) is 10.2 Å². The highest BCUT2D eigenvalue weighted by Crippen LogP contribution is 2.25. The zero-order valence-corrected chi connectivity index (χ0v) is 10.9. The molecule has 4 nitrogen and oxygen atoms in total. The first-order chi connectivity index (χ1) is 8.03. The van der Waals surface area contributed by atoms with E-state index >= 15 is 0 Å². The van der Waals surface area contributed by atoms with Gasteiger partial charge in [-0.05, 0) is 33.0 Å². The molecule has 2 N–H and O–H groups in total. The Morgan fingerprint density at radius 1 is 1.35 bits per heavy atom. The molecule has 0 saturated heterocycles. The number of amides is 1. The molecule has 0 fully saturated rings. The highest BCUT2D eigenvalue weighted by molar-refractivity contribution is 7.22. The van der Waals surface area contributed by atoms with Gasteiger partial charge >= 0.3 is 0 Å². The molecule has 1 aromatic carbocycles. The van der Waals surface area contributed by atoms with E-state index in [0.29, 0.717) is 5.13 Å². The van der Waals surface area contributed by atoms with Gasteiger partial charge in [-0.1, -0.05) is 23.5 Å². The summed E-state index contributed by atoms with van der Waals surface area (Å²) in [5.41, 5.74) is 0.313. The molecule has 1 amide bonds. The Bertz CT molecular complexity index is 514. The van der Waals surface area contributed by atoms with Gasteiger partial charge in [-0.25, -0.2) is 4.98 Å². The van der Waals surface area contributed by atoms with Gasteiger partial charge in [0.15, 0.2) is 5.13 Å². The highest BCUT2D eigenvalue weighted by Gasteiger charge is 2.25. The zero-order chi connectivity index (χ0) is 12.5. The molecule has 2 rings (SSSR count). The number of para-hydroxylation sites is 1. The number of carbonyl (C=O) groups excluding carboxylic acids is 1. The van der Waals surface area contributed by atoms with E-state index in [-0.39, 0.29) is 5.91 Å². The first-order valence-electron chi connectivity index (χ1n) is 5.39. The predicted molar refractivity (Wildman–Crippen MR) is 71.4 cm³/mol. The van der Waals surface area contributed by atoms with Crippen molar-refractivity contribution in [2.24, 2.45) is 0 Å². The second-order valence-corrected chi connectivity index (χ2v) is 5.35. The number of likely N-dealkylation sites (N-methyl/N-ethyl adjacent to an activating group) is 1. The number of aromatic nitrogens is 1. The average Bonchev–Trinajstić information content (AvgIpc) is 2.70. The van der Waals surface area contributed by atoms with Crippen molar-refractivity contribution in [3.05, 3.63) is 24.3 Å². The van der Waals surface area contributed by atoms with Gasteiger partial charge in [0.2, 0.25) is 5.91 Å². The third-order valence-corrected chi connectivity index (χ3v) is 3.66. The third-order valence-electron chi connectivity index (χ3n) is 2.71. The first kappa shape index (κ1) is 12.0. The van der Waals surface area contributed by atoms with E-state index in [1.807, 2.05) is 38.1 Å². The van der Waals surface area contributed by atoms with Crippen molar-refractivity contribution in [3.63, 3.8) is 0 Å². The summed E-state index contributed by atoms with van der Waals surface area (Å²) in [5.74, 6) is -0.0842. The van der Waals surface area contributed by atoms with Gasteiger partial charge in [0.05, 0.1) is 15.8 Å². The van der Waals surface area contributed by atoms with Crippen LogP contribution >= 0.6 is 11.3 Å². The van der Waals surface area contributed by atoms with Crippen molar-refractivity contribution in [2.75, 3.05) is 12.4 Å². The number of rotatable bonds is 3. The second-order valence-electron chi connectivity index (χ2n) is 4.32. The van der Waals surface area contributed by atoms with E-state index in [9.17, 15) is 4.79 Å². The molecule has 1 heterocycles. The number of nitrogens with zero attached hydrogens (tertiary/aromatic N) is 1. The van der Waals surface area contributed by atoms with Crippen LogP contribution in [0.1, 0.15) is 13.8 Å². The number of nitrogens with one attached hydrogen (secondary N) is 2. The minimum atomic E-state index is -0.599. The van der Waals surface area contributed by atoms with Gasteiger partial charge in [0.25, 0.3) is 0 Å². The zero-order valence-electron chi connectivity index (χ0n) is 10.1. The SMILES string of the molecule is CNC(C)(C)C(=O)Nc1nc2ccccc2s1. The van der Waals surface area contributed by atoms with Crippen LogP contribution in [0, 0.1) is 0 Å². The fraction of sp³-hybridized carbons (Fsp3) is 0.333. The standard InChI is InChI=1S/C12H15N3OS/c1-12(2,13-3)10(16)15-11-14-8-6-4-5-7-9(8)17-11/h4-7,13H,1-3H3,(H,14,15,16). The minimum absolute atomic E-state index is 0.0842. The molecule has 0 aliphatic carbocycles. The molecule has 0 spiro atoms. The highest BCUT2D eigenvalue weighted by atomic mass is 32.1. The average molecular weight is 249 g/mol. The van der Waals surface area contributed by atoms with Gasteiger partial charge in [-0.2, -0.15) is 0 Å². The van der Waals surface area contributed by atoms with E-state index < -0.39 is 5.54 Å². The van der Waals surface area contributed by atoms with E-state index in [1.54, 1.807) is 7.05 Å². The van der Waals surface area contributed by atoms with E-state index in [4.69, 9.17) is 0 Å². The number of hydrogen-bond acceptors (Lipinski definition) is 4. The number of carbonyl (C=O) groups is 1. The van der Waals surface area contributed by atoms with Crippen molar-refractivity contribution in [3.8, 4) is 0 Å². The number of benzene rings is 1. The van der Waals surface area contributed by atoms with Crippen LogP contribution in [-0.4, -0.2) is 23.5 Å². The van der Waals surface area contributed by atoms with Gasteiger partial charge in [-0.15, -0.1) is 0 Å². The molecule has 2 aromatic rings. The lowest BCUT2D eigenvalue weighted by Crippen LogP contribution is -2.47. The Kier molecular flexibility index (Phi) is 3.13. The Labute approximate surface area is 104 Å². The maximum atomic E-state index is 11.9. The smallest absolute Gasteiger partial charge is 0.245 e. The van der Waals surface area contributed by atoms with Gasteiger partial charge < -0.3 is 10.6 Å². The molecule has 0 bridgehead atoms. The molecular weight excluding hydrogens is 234 g/mol. The summed E-state index contributed by atoms with van der Waals surface area (Å²) in [6.45, 7) is 3.66. The fourth-order valence-electron chi connectivity index (χ4n) is 1.29. The minimum Gasteiger partial charge on any atom is -0.307 e. The molecule has 0 aliphatic rings. The molecule has 0 saturated carbocycles. The van der Waals surface area contributed by atoms with Crippen molar-refractivity contribution in [1.82, 2.24) is 10.3 Å². The fourth-order valence-corrected chi connectivity index (χ4v) is 2.15. The summed E-state index contributed by atoms with van der Waals surface area (Å²) in [6.07, 6.45) is 0. The van der Waals surface area contributed by atoms with E-state index in [2.05, 4.69) is 15.6 Å². The Balaban J connectivity index is 2.22. The molecule has 1 aromatic heterocycles. The summed E-state index contributed by atoms with van der Waals surface area (Å²) >= 11 is 1.48. The van der Waals surface area contributed by atoms with Gasteiger partial charge in [-0.3, -0.25) is 4.79 Å². The summed E-state index contributed by atoms with van der Waals surface area (Å²) < 4.78 is 1.07. The number of anilines is 1. The summed E-state index contributed by atoms with van der Waals surface area (Å²) in [4.78, 5) is 16.3. The van der Waals surface area contributed by atoms with Crippen LogP contribution in [0.5, 0.6) is 0 Å². The molecule has 5 heteroatoms. The number of fused-ring (bicyclic) bond motifs is 1. The molecule has 0 aliphatic heterocycles. The molecule has 0 radical (unpaired) electrons. The summed E-state index contributed by atoms with van der Waals surface area (Å²) in [6, 6.07) is 7.82. The van der Waals surface area contributed by atoms with Crippen LogP contribution in [0.4, 0.5) is 5.13 Å². The van der Waals surface area contributed by atoms with Gasteiger partial charge in [0, 0.05) is 0 Å². The van der Waals surface area contributed by atoms with Crippen LogP contribution in [-0.2, 0) is 4.79 Å². The monoisotopic (exact) mass is 249 g/mol. The van der Waals surface area contributed by atoms with Crippen LogP contribution in [0.15, 0.2) is 24.3 Å². The lowest BCUT2D eigenvalue weighted by molar-refractivity contribution is -0.121. The lowest BCUT2D eigenvalue weighted by Gasteiger charge is -2.21. The quantitative estimate of drug-likeness (QED) is 0.877. The molecular formula is C12H15N3OS. The maximum absolute atomic E-state index is 11.9. The summed E-state index contributed by atoms with van der Waals surface area (Å²) in [7, 11) is 1.76. The first-order valence-corrected chi connectivity index (χ1v) is 6.20. The van der Waals surface area contributed by atoms with Crippen LogP contribution < -0.4 is 10.6 Å². The second kappa shape index (κ2) is 4.43. The molecule has 0 atom stereocenters.